The Hall–Kier alpha value is -0.620. The van der Waals surface area contributed by atoms with Crippen LogP contribution >= 0.6 is 15.9 Å². The summed E-state index contributed by atoms with van der Waals surface area (Å²) in [4.78, 5) is 23.3. The number of alkyl halides is 1. The first-order valence-corrected chi connectivity index (χ1v) is 13.9. The minimum atomic E-state index is -0.430. The second-order valence-corrected chi connectivity index (χ2v) is 13.6. The van der Waals surface area contributed by atoms with Crippen LogP contribution in [0.3, 0.4) is 0 Å². The van der Waals surface area contributed by atoms with Gasteiger partial charge in [0.05, 0.1) is 17.5 Å². The molecule has 4 aliphatic carbocycles. The van der Waals surface area contributed by atoms with Gasteiger partial charge in [-0.05, 0) is 91.8 Å². The molecule has 0 aliphatic heterocycles. The van der Waals surface area contributed by atoms with E-state index in [9.17, 15) is 14.7 Å². The van der Waals surface area contributed by atoms with E-state index in [1.54, 1.807) is 0 Å². The quantitative estimate of drug-likeness (QED) is 0.369. The molecule has 0 saturated heterocycles. The Balaban J connectivity index is 1.53. The zero-order valence-corrected chi connectivity index (χ0v) is 22.7. The lowest BCUT2D eigenvalue weighted by atomic mass is 9.43. The minimum Gasteiger partial charge on any atom is -0.469 e. The van der Waals surface area contributed by atoms with Crippen molar-refractivity contribution in [1.82, 2.24) is 0 Å². The largest absolute Gasteiger partial charge is 0.469 e. The fraction of sp³-hybridized carbons (Fsp3) is 0.926. The molecular formula is C27H43BrO5. The number of methoxy groups -OCH3 is 1. The third-order valence-corrected chi connectivity index (χ3v) is 12.6. The highest BCUT2D eigenvalue weighted by molar-refractivity contribution is 9.10. The molecule has 4 saturated carbocycles. The lowest BCUT2D eigenvalue weighted by Crippen LogP contribution is -2.66. The van der Waals surface area contributed by atoms with Gasteiger partial charge in [0.15, 0.2) is 0 Å². The predicted molar refractivity (Wildman–Crippen MR) is 131 cm³/mol. The number of aliphatic hydroxyl groups excluding tert-OH is 1. The van der Waals surface area contributed by atoms with E-state index in [4.69, 9.17) is 9.47 Å². The third kappa shape index (κ3) is 4.09. The summed E-state index contributed by atoms with van der Waals surface area (Å²) < 4.78 is 10.1. The zero-order valence-electron chi connectivity index (χ0n) is 21.1. The number of fused-ring (bicyclic) bond motifs is 5. The second kappa shape index (κ2) is 9.11. The summed E-state index contributed by atoms with van der Waals surface area (Å²) in [5, 5.41) is 11.5. The molecule has 0 radical (unpaired) electrons. The first-order valence-electron chi connectivity index (χ1n) is 13.1. The van der Waals surface area contributed by atoms with Gasteiger partial charge in [-0.2, -0.15) is 0 Å². The van der Waals surface area contributed by atoms with E-state index >= 15 is 0 Å². The van der Waals surface area contributed by atoms with E-state index in [-0.39, 0.29) is 33.2 Å². The van der Waals surface area contributed by atoms with Gasteiger partial charge in [0.25, 0.3) is 0 Å². The topological polar surface area (TPSA) is 72.8 Å². The van der Waals surface area contributed by atoms with E-state index < -0.39 is 6.10 Å². The Kier molecular flexibility index (Phi) is 7.03. The van der Waals surface area contributed by atoms with Crippen LogP contribution in [0.1, 0.15) is 91.9 Å². The number of halogens is 1. The molecule has 4 fully saturated rings. The molecule has 0 unspecified atom stereocenters. The van der Waals surface area contributed by atoms with Crippen molar-refractivity contribution in [1.29, 1.82) is 0 Å². The lowest BCUT2D eigenvalue weighted by Gasteiger charge is -2.65. The first kappa shape index (κ1) is 25.5. The highest BCUT2D eigenvalue weighted by Crippen LogP contribution is 2.70. The molecule has 33 heavy (non-hydrogen) atoms. The molecule has 6 heteroatoms. The smallest absolute Gasteiger partial charge is 0.305 e. The van der Waals surface area contributed by atoms with Crippen molar-refractivity contribution in [3.63, 3.8) is 0 Å². The Bertz CT molecular complexity index is 772. The molecule has 4 aliphatic rings. The molecule has 0 aromatic heterocycles. The summed E-state index contributed by atoms with van der Waals surface area (Å²) in [6.07, 6.45) is 9.16. The molecular weight excluding hydrogens is 484 g/mol. The number of hydrogen-bond donors (Lipinski definition) is 1. The fourth-order valence-electron chi connectivity index (χ4n) is 9.16. The van der Waals surface area contributed by atoms with Gasteiger partial charge >= 0.3 is 11.9 Å². The molecule has 10 atom stereocenters. The molecule has 0 aromatic rings. The van der Waals surface area contributed by atoms with E-state index in [0.717, 1.165) is 25.7 Å². The van der Waals surface area contributed by atoms with Crippen LogP contribution in [0.2, 0.25) is 0 Å². The monoisotopic (exact) mass is 526 g/mol. The summed E-state index contributed by atoms with van der Waals surface area (Å²) in [7, 11) is 1.47. The molecule has 1 N–H and O–H groups in total. The van der Waals surface area contributed by atoms with Crippen molar-refractivity contribution in [2.75, 3.05) is 7.11 Å². The van der Waals surface area contributed by atoms with Gasteiger partial charge in [0.2, 0.25) is 0 Å². The number of aliphatic hydroxyl groups is 1. The Morgan fingerprint density at radius 3 is 2.52 bits per heavy atom. The summed E-state index contributed by atoms with van der Waals surface area (Å²) in [6.45, 7) is 8.69. The molecule has 5 nitrogen and oxygen atoms in total. The Labute approximate surface area is 207 Å². The van der Waals surface area contributed by atoms with Crippen molar-refractivity contribution >= 4 is 27.9 Å². The maximum absolute atomic E-state index is 11.7. The van der Waals surface area contributed by atoms with Crippen LogP contribution in [-0.4, -0.2) is 40.7 Å². The fourth-order valence-corrected chi connectivity index (χ4v) is 10.2. The molecule has 0 heterocycles. The zero-order chi connectivity index (χ0) is 24.2. The summed E-state index contributed by atoms with van der Waals surface area (Å²) >= 11 is 4.06. The SMILES string of the molecule is COC(=O)CC[C@@H](C)[C@H]1CC[C@H]2[C@@H]3C[C@@H](O)[C@@]4(Br)C[C@@H](OC(C)=O)CC[C@]4(C)[C@H]3CC[C@]12C. The van der Waals surface area contributed by atoms with Gasteiger partial charge in [0.1, 0.15) is 6.10 Å². The summed E-state index contributed by atoms with van der Waals surface area (Å²) in [5.41, 5.74) is 0.288. The van der Waals surface area contributed by atoms with Crippen LogP contribution in [0, 0.1) is 40.4 Å². The van der Waals surface area contributed by atoms with Gasteiger partial charge in [0, 0.05) is 19.8 Å². The van der Waals surface area contributed by atoms with Gasteiger partial charge in [-0.3, -0.25) is 9.59 Å². The van der Waals surface area contributed by atoms with Crippen LogP contribution in [0.15, 0.2) is 0 Å². The van der Waals surface area contributed by atoms with E-state index in [2.05, 4.69) is 36.7 Å². The van der Waals surface area contributed by atoms with E-state index in [0.29, 0.717) is 42.4 Å². The second-order valence-electron chi connectivity index (χ2n) is 12.2. The standard InChI is InChI=1S/C27H43BrO5/c1-16(6-9-24(31)32-5)20-7-8-21-19-14-23(30)27(28)15-18(33-17(2)29)10-13-26(27,4)22(19)11-12-25(20,21)3/h16,18-23,30H,6-15H2,1-5H3/t16-,18+,19+,20-,21+,22+,23-,25-,26-,27+/m1/s1. The molecule has 188 valence electrons. The number of carbonyl (C=O) groups excluding carboxylic acids is 2. The number of carbonyl (C=O) groups is 2. The summed E-state index contributed by atoms with van der Waals surface area (Å²) in [6, 6.07) is 0. The average Bonchev–Trinajstić information content (AvgIpc) is 3.11. The maximum atomic E-state index is 11.7. The van der Waals surface area contributed by atoms with Crippen LogP contribution in [0.4, 0.5) is 0 Å². The van der Waals surface area contributed by atoms with Crippen molar-refractivity contribution in [2.24, 2.45) is 40.4 Å². The van der Waals surface area contributed by atoms with Crippen molar-refractivity contribution in [3.8, 4) is 0 Å². The molecule has 0 aromatic carbocycles. The molecule has 0 bridgehead atoms. The third-order valence-electron chi connectivity index (χ3n) is 10.9. The van der Waals surface area contributed by atoms with E-state index in [1.807, 2.05) is 0 Å². The first-order chi connectivity index (χ1) is 15.5. The Morgan fingerprint density at radius 2 is 1.85 bits per heavy atom. The van der Waals surface area contributed by atoms with Gasteiger partial charge < -0.3 is 14.6 Å². The van der Waals surface area contributed by atoms with Crippen molar-refractivity contribution < 1.29 is 24.2 Å². The predicted octanol–water partition coefficient (Wildman–Crippen LogP) is 5.65. The van der Waals surface area contributed by atoms with Crippen LogP contribution < -0.4 is 0 Å². The minimum absolute atomic E-state index is 0.00188. The maximum Gasteiger partial charge on any atom is 0.305 e. The van der Waals surface area contributed by atoms with Crippen molar-refractivity contribution in [2.45, 2.75) is 108 Å². The van der Waals surface area contributed by atoms with Crippen molar-refractivity contribution in [3.05, 3.63) is 0 Å². The summed E-state index contributed by atoms with van der Waals surface area (Å²) in [5.74, 6) is 2.57. The van der Waals surface area contributed by atoms with Gasteiger partial charge in [-0.1, -0.05) is 36.7 Å². The molecule has 4 rings (SSSR count). The van der Waals surface area contributed by atoms with Crippen LogP contribution in [0.25, 0.3) is 0 Å². The average molecular weight is 528 g/mol. The molecule has 0 amide bonds. The molecule has 0 spiro atoms. The van der Waals surface area contributed by atoms with Gasteiger partial charge in [-0.15, -0.1) is 0 Å². The van der Waals surface area contributed by atoms with Crippen LogP contribution in [-0.2, 0) is 19.1 Å². The van der Waals surface area contributed by atoms with Gasteiger partial charge in [-0.25, -0.2) is 0 Å². The highest BCUT2D eigenvalue weighted by Gasteiger charge is 2.67. The number of ether oxygens (including phenoxy) is 2. The number of hydrogen-bond acceptors (Lipinski definition) is 5. The normalized spacial score (nSPS) is 47.6. The number of rotatable bonds is 5. The number of esters is 2. The highest BCUT2D eigenvalue weighted by atomic mass is 79.9. The van der Waals surface area contributed by atoms with Crippen LogP contribution in [0.5, 0.6) is 0 Å². The Morgan fingerprint density at radius 1 is 1.12 bits per heavy atom. The van der Waals surface area contributed by atoms with E-state index in [1.165, 1.54) is 39.7 Å². The lowest BCUT2D eigenvalue weighted by molar-refractivity contribution is -0.170.